The van der Waals surface area contributed by atoms with Gasteiger partial charge in [0.05, 0.1) is 11.4 Å². The number of hydrogen-bond acceptors (Lipinski definition) is 5. The molecule has 1 saturated heterocycles. The van der Waals surface area contributed by atoms with E-state index in [9.17, 15) is 14.0 Å². The minimum atomic E-state index is -0.888. The van der Waals surface area contributed by atoms with Gasteiger partial charge >= 0.3 is 11.9 Å². The Labute approximate surface area is 154 Å². The van der Waals surface area contributed by atoms with Gasteiger partial charge in [0.15, 0.2) is 0 Å². The van der Waals surface area contributed by atoms with Crippen LogP contribution in [0.4, 0.5) is 4.39 Å². The predicted octanol–water partition coefficient (Wildman–Crippen LogP) is 3.23. The van der Waals surface area contributed by atoms with E-state index in [4.69, 9.17) is 21.1 Å². The highest BCUT2D eigenvalue weighted by atomic mass is 35.5. The highest BCUT2D eigenvalue weighted by molar-refractivity contribution is 6.31. The Hall–Kier alpha value is -2.67. The summed E-state index contributed by atoms with van der Waals surface area (Å²) in [5.41, 5.74) is 1.69. The second-order valence-corrected chi connectivity index (χ2v) is 6.28. The summed E-state index contributed by atoms with van der Waals surface area (Å²) in [4.78, 5) is 23.4. The number of aromatic nitrogens is 2. The number of cyclic esters (lactones) is 1. The van der Waals surface area contributed by atoms with E-state index in [1.807, 2.05) is 0 Å². The quantitative estimate of drug-likeness (QED) is 0.603. The Morgan fingerprint density at radius 2 is 2.12 bits per heavy atom. The van der Waals surface area contributed by atoms with Crippen LogP contribution in [0.25, 0.3) is 11.8 Å². The van der Waals surface area contributed by atoms with Gasteiger partial charge in [0.2, 0.25) is 6.10 Å². The largest absolute Gasteiger partial charge is 0.460 e. The fraction of sp³-hybridized carbons (Fsp3) is 0.278. The van der Waals surface area contributed by atoms with Crippen molar-refractivity contribution >= 4 is 29.6 Å². The SMILES string of the molecule is Cc1nn(-c2ccc(F)cc2)c(Cl)c1/C=C/C(=O)O[C@H]1C[C@H](C)OC1=O. The van der Waals surface area contributed by atoms with Gasteiger partial charge in [-0.2, -0.15) is 5.10 Å². The van der Waals surface area contributed by atoms with Gasteiger partial charge in [0, 0.05) is 18.1 Å². The number of halogens is 2. The molecule has 0 unspecified atom stereocenters. The lowest BCUT2D eigenvalue weighted by Crippen LogP contribution is -2.21. The highest BCUT2D eigenvalue weighted by Gasteiger charge is 2.34. The van der Waals surface area contributed by atoms with Crippen LogP contribution in [0.3, 0.4) is 0 Å². The second-order valence-electron chi connectivity index (χ2n) is 5.92. The maximum absolute atomic E-state index is 13.1. The first kappa shape index (κ1) is 18.1. The smallest absolute Gasteiger partial charge is 0.347 e. The molecule has 0 bridgehead atoms. The first-order valence-electron chi connectivity index (χ1n) is 7.95. The van der Waals surface area contributed by atoms with Crippen molar-refractivity contribution in [1.82, 2.24) is 9.78 Å². The van der Waals surface area contributed by atoms with Crippen molar-refractivity contribution in [3.63, 3.8) is 0 Å². The van der Waals surface area contributed by atoms with Crippen LogP contribution in [-0.2, 0) is 19.1 Å². The molecule has 2 atom stereocenters. The number of carbonyl (C=O) groups excluding carboxylic acids is 2. The zero-order valence-corrected chi connectivity index (χ0v) is 14.9. The van der Waals surface area contributed by atoms with Gasteiger partial charge in [-0.25, -0.2) is 18.7 Å². The van der Waals surface area contributed by atoms with E-state index in [1.165, 1.54) is 29.0 Å². The minimum absolute atomic E-state index is 0.269. The number of carbonyl (C=O) groups is 2. The van der Waals surface area contributed by atoms with E-state index in [-0.39, 0.29) is 17.1 Å². The van der Waals surface area contributed by atoms with E-state index < -0.39 is 18.0 Å². The lowest BCUT2D eigenvalue weighted by Gasteiger charge is -2.05. The summed E-state index contributed by atoms with van der Waals surface area (Å²) in [6.07, 6.45) is 1.83. The molecule has 0 amide bonds. The molecule has 0 N–H and O–H groups in total. The third-order valence-electron chi connectivity index (χ3n) is 3.89. The maximum atomic E-state index is 13.1. The summed E-state index contributed by atoms with van der Waals surface area (Å²) < 4.78 is 24.5. The lowest BCUT2D eigenvalue weighted by atomic mass is 10.2. The topological polar surface area (TPSA) is 70.4 Å². The van der Waals surface area contributed by atoms with Gasteiger partial charge in [-0.1, -0.05) is 11.6 Å². The Morgan fingerprint density at radius 1 is 1.42 bits per heavy atom. The number of esters is 2. The van der Waals surface area contributed by atoms with Crippen LogP contribution in [0.5, 0.6) is 0 Å². The second kappa shape index (κ2) is 7.29. The molecule has 1 aliphatic heterocycles. The molecule has 0 saturated carbocycles. The van der Waals surface area contributed by atoms with Crippen molar-refractivity contribution < 1.29 is 23.5 Å². The van der Waals surface area contributed by atoms with E-state index in [0.717, 1.165) is 0 Å². The molecule has 2 heterocycles. The van der Waals surface area contributed by atoms with Crippen molar-refractivity contribution in [3.8, 4) is 5.69 Å². The van der Waals surface area contributed by atoms with Crippen LogP contribution >= 0.6 is 11.6 Å². The van der Waals surface area contributed by atoms with Gasteiger partial charge < -0.3 is 9.47 Å². The molecule has 1 aromatic heterocycles. The molecule has 1 aliphatic rings. The fourth-order valence-corrected chi connectivity index (χ4v) is 2.94. The fourth-order valence-electron chi connectivity index (χ4n) is 2.60. The Kier molecular flexibility index (Phi) is 5.08. The van der Waals surface area contributed by atoms with Crippen LogP contribution in [0.15, 0.2) is 30.3 Å². The first-order valence-corrected chi connectivity index (χ1v) is 8.33. The standard InChI is InChI=1S/C18H16ClFN2O4/c1-10-9-15(18(24)25-10)26-16(23)8-7-14-11(2)21-22(17(14)19)13-5-3-12(20)4-6-13/h3-8,10,15H,9H2,1-2H3/b8-7+/t10-,15-/m0/s1. The summed E-state index contributed by atoms with van der Waals surface area (Å²) in [5, 5.41) is 4.57. The molecule has 2 aromatic rings. The van der Waals surface area contributed by atoms with Gasteiger partial charge in [-0.05, 0) is 44.2 Å². The lowest BCUT2D eigenvalue weighted by molar-refractivity contribution is -0.157. The number of rotatable bonds is 4. The van der Waals surface area contributed by atoms with Gasteiger partial charge in [-0.15, -0.1) is 0 Å². The van der Waals surface area contributed by atoms with E-state index in [1.54, 1.807) is 26.0 Å². The summed E-state index contributed by atoms with van der Waals surface area (Å²) in [7, 11) is 0. The van der Waals surface area contributed by atoms with Gasteiger partial charge in [-0.3, -0.25) is 0 Å². The molecular formula is C18H16ClFN2O4. The number of nitrogens with zero attached hydrogens (tertiary/aromatic N) is 2. The maximum Gasteiger partial charge on any atom is 0.347 e. The van der Waals surface area contributed by atoms with Crippen molar-refractivity contribution in [2.24, 2.45) is 0 Å². The first-order chi connectivity index (χ1) is 12.3. The summed E-state index contributed by atoms with van der Waals surface area (Å²) >= 11 is 6.33. The molecule has 26 heavy (non-hydrogen) atoms. The zero-order chi connectivity index (χ0) is 18.8. The molecule has 136 valence electrons. The number of hydrogen-bond donors (Lipinski definition) is 0. The van der Waals surface area contributed by atoms with Crippen LogP contribution in [0.1, 0.15) is 24.6 Å². The zero-order valence-electron chi connectivity index (χ0n) is 14.1. The van der Waals surface area contributed by atoms with E-state index >= 15 is 0 Å². The van der Waals surface area contributed by atoms with Gasteiger partial charge in [0.25, 0.3) is 0 Å². The van der Waals surface area contributed by atoms with E-state index in [0.29, 0.717) is 23.4 Å². The Balaban J connectivity index is 1.75. The summed E-state index contributed by atoms with van der Waals surface area (Å²) in [6, 6.07) is 5.69. The normalized spacial score (nSPS) is 19.8. The molecule has 1 aromatic carbocycles. The average Bonchev–Trinajstić information content (AvgIpc) is 3.05. The van der Waals surface area contributed by atoms with E-state index in [2.05, 4.69) is 5.10 Å². The number of benzene rings is 1. The third kappa shape index (κ3) is 3.77. The Morgan fingerprint density at radius 3 is 2.73 bits per heavy atom. The van der Waals surface area contributed by atoms with Crippen LogP contribution in [-0.4, -0.2) is 33.9 Å². The minimum Gasteiger partial charge on any atom is -0.460 e. The van der Waals surface area contributed by atoms with Crippen molar-refractivity contribution in [3.05, 3.63) is 52.6 Å². The Bertz CT molecular complexity index is 876. The number of ether oxygens (including phenoxy) is 2. The molecule has 3 rings (SSSR count). The van der Waals surface area contributed by atoms with Crippen molar-refractivity contribution in [1.29, 1.82) is 0 Å². The molecule has 0 radical (unpaired) electrons. The highest BCUT2D eigenvalue weighted by Crippen LogP contribution is 2.25. The monoisotopic (exact) mass is 378 g/mol. The van der Waals surface area contributed by atoms with Crippen LogP contribution < -0.4 is 0 Å². The van der Waals surface area contributed by atoms with Crippen LogP contribution in [0, 0.1) is 12.7 Å². The molecule has 0 spiro atoms. The van der Waals surface area contributed by atoms with Gasteiger partial charge in [0.1, 0.15) is 17.1 Å². The average molecular weight is 379 g/mol. The van der Waals surface area contributed by atoms with Crippen molar-refractivity contribution in [2.45, 2.75) is 32.5 Å². The molecular weight excluding hydrogens is 363 g/mol. The summed E-state index contributed by atoms with van der Waals surface area (Å²) in [5.74, 6) is -1.58. The molecule has 8 heteroatoms. The number of aryl methyl sites for hydroxylation is 1. The van der Waals surface area contributed by atoms with Crippen molar-refractivity contribution in [2.75, 3.05) is 0 Å². The third-order valence-corrected chi connectivity index (χ3v) is 4.25. The predicted molar refractivity (Wildman–Crippen MR) is 92.4 cm³/mol. The summed E-state index contributed by atoms with van der Waals surface area (Å²) in [6.45, 7) is 3.46. The molecule has 6 nitrogen and oxygen atoms in total. The molecule has 0 aliphatic carbocycles. The van der Waals surface area contributed by atoms with Crippen LogP contribution in [0.2, 0.25) is 5.15 Å². The molecule has 1 fully saturated rings.